The van der Waals surface area contributed by atoms with E-state index < -0.39 is 0 Å². The lowest BCUT2D eigenvalue weighted by Gasteiger charge is -2.12. The van der Waals surface area contributed by atoms with Gasteiger partial charge in [-0.05, 0) is 117 Å². The number of rotatable bonds is 8. The van der Waals surface area contributed by atoms with Crippen LogP contribution >= 0.6 is 11.3 Å². The van der Waals surface area contributed by atoms with Crippen LogP contribution in [0.2, 0.25) is 0 Å². The highest BCUT2D eigenvalue weighted by Crippen LogP contribution is 2.43. The highest BCUT2D eigenvalue weighted by atomic mass is 32.1. The van der Waals surface area contributed by atoms with E-state index in [9.17, 15) is 0 Å². The second-order valence-corrected chi connectivity index (χ2v) is 18.3. The quantitative estimate of drug-likeness (QED) is 0.153. The zero-order valence-electron chi connectivity index (χ0n) is 36.8. The fraction of sp³-hybridized carbons (Fsp3) is 0. The molecule has 68 heavy (non-hydrogen) atoms. The van der Waals surface area contributed by atoms with Gasteiger partial charge in [-0.15, -0.1) is 11.3 Å². The van der Waals surface area contributed by atoms with Crippen molar-refractivity contribution in [3.05, 3.63) is 243 Å². The summed E-state index contributed by atoms with van der Waals surface area (Å²) in [6.07, 6.45) is 0. The summed E-state index contributed by atoms with van der Waals surface area (Å²) < 4.78 is 4.81. The molecular formula is C63H40N4S. The first-order valence-electron chi connectivity index (χ1n) is 22.9. The van der Waals surface area contributed by atoms with Gasteiger partial charge in [0.25, 0.3) is 0 Å². The molecule has 5 heteroatoms. The van der Waals surface area contributed by atoms with Crippen LogP contribution in [0, 0.1) is 0 Å². The Labute approximate surface area is 397 Å². The van der Waals surface area contributed by atoms with Gasteiger partial charge >= 0.3 is 0 Å². The molecule has 0 spiro atoms. The zero-order chi connectivity index (χ0) is 45.0. The van der Waals surface area contributed by atoms with Crippen molar-refractivity contribution in [2.75, 3.05) is 0 Å². The van der Waals surface area contributed by atoms with Crippen molar-refractivity contribution >= 4 is 53.3 Å². The second kappa shape index (κ2) is 16.6. The van der Waals surface area contributed by atoms with Crippen LogP contribution < -0.4 is 0 Å². The number of para-hydroxylation sites is 1. The molecule has 3 aromatic heterocycles. The SMILES string of the molecule is c1ccc(-c2cc(-c3ccccc3)cc(-c3ccc4c(c3)c3cc(-c5ccc6sc7cccc(-c8nc(-c9ccccc9)nc(-c9ccccc9)n8)c7c6c5)ccc3n4-c3ccccc3)c2)cc1. The molecule has 13 rings (SSSR count). The fourth-order valence-electron chi connectivity index (χ4n) is 9.75. The van der Waals surface area contributed by atoms with Gasteiger partial charge in [-0.1, -0.05) is 170 Å². The van der Waals surface area contributed by atoms with Crippen LogP contribution in [-0.4, -0.2) is 19.5 Å². The van der Waals surface area contributed by atoms with Gasteiger partial charge in [0.2, 0.25) is 0 Å². The molecule has 13 aromatic rings. The fourth-order valence-corrected chi connectivity index (χ4v) is 10.9. The molecule has 0 saturated carbocycles. The summed E-state index contributed by atoms with van der Waals surface area (Å²) in [6, 6.07) is 86.8. The number of fused-ring (bicyclic) bond motifs is 6. The van der Waals surface area contributed by atoms with Crippen molar-refractivity contribution in [3.63, 3.8) is 0 Å². The van der Waals surface area contributed by atoms with Crippen molar-refractivity contribution in [3.8, 4) is 84.4 Å². The van der Waals surface area contributed by atoms with Crippen LogP contribution in [0.1, 0.15) is 0 Å². The van der Waals surface area contributed by atoms with Crippen LogP contribution in [-0.2, 0) is 0 Å². The molecule has 10 aromatic carbocycles. The van der Waals surface area contributed by atoms with Gasteiger partial charge in [-0.3, -0.25) is 0 Å². The number of nitrogens with zero attached hydrogens (tertiary/aromatic N) is 4. The smallest absolute Gasteiger partial charge is 0.164 e. The summed E-state index contributed by atoms with van der Waals surface area (Å²) in [5.41, 5.74) is 15.8. The van der Waals surface area contributed by atoms with E-state index in [2.05, 4.69) is 211 Å². The van der Waals surface area contributed by atoms with Gasteiger partial charge < -0.3 is 4.57 Å². The minimum atomic E-state index is 0.651. The molecule has 0 saturated heterocycles. The predicted octanol–water partition coefficient (Wildman–Crippen LogP) is 17.0. The Kier molecular flexibility index (Phi) is 9.66. The van der Waals surface area contributed by atoms with E-state index in [1.54, 1.807) is 11.3 Å². The van der Waals surface area contributed by atoms with Gasteiger partial charge in [0.1, 0.15) is 0 Å². The Morgan fingerprint density at radius 1 is 0.279 bits per heavy atom. The average Bonchev–Trinajstić information content (AvgIpc) is 3.97. The van der Waals surface area contributed by atoms with Crippen LogP contribution in [0.5, 0.6) is 0 Å². The Balaban J connectivity index is 0.982. The van der Waals surface area contributed by atoms with E-state index in [1.807, 2.05) is 36.4 Å². The van der Waals surface area contributed by atoms with Crippen LogP contribution in [0.25, 0.3) is 126 Å². The molecule has 0 bridgehead atoms. The maximum Gasteiger partial charge on any atom is 0.164 e. The van der Waals surface area contributed by atoms with E-state index in [0.717, 1.165) is 44.4 Å². The summed E-state index contributed by atoms with van der Waals surface area (Å²) in [6.45, 7) is 0. The first-order valence-corrected chi connectivity index (χ1v) is 23.7. The van der Waals surface area contributed by atoms with Crippen LogP contribution in [0.15, 0.2) is 243 Å². The summed E-state index contributed by atoms with van der Waals surface area (Å²) in [5.74, 6) is 1.96. The largest absolute Gasteiger partial charge is 0.309 e. The molecule has 3 heterocycles. The molecule has 4 nitrogen and oxygen atoms in total. The molecular weight excluding hydrogens is 845 g/mol. The minimum Gasteiger partial charge on any atom is -0.309 e. The van der Waals surface area contributed by atoms with E-state index in [-0.39, 0.29) is 0 Å². The first kappa shape index (κ1) is 39.6. The minimum absolute atomic E-state index is 0.651. The Bertz CT molecular complexity index is 3880. The molecule has 318 valence electrons. The molecule has 0 amide bonds. The van der Waals surface area contributed by atoms with Gasteiger partial charge in [-0.2, -0.15) is 0 Å². The summed E-state index contributed by atoms with van der Waals surface area (Å²) >= 11 is 1.80. The first-order chi connectivity index (χ1) is 33.7. The van der Waals surface area contributed by atoms with Crippen molar-refractivity contribution in [1.82, 2.24) is 19.5 Å². The van der Waals surface area contributed by atoms with Crippen LogP contribution in [0.3, 0.4) is 0 Å². The molecule has 0 N–H and O–H groups in total. The van der Waals surface area contributed by atoms with E-state index in [1.165, 1.54) is 64.5 Å². The Morgan fingerprint density at radius 3 is 1.24 bits per heavy atom. The zero-order valence-corrected chi connectivity index (χ0v) is 37.6. The number of hydrogen-bond donors (Lipinski definition) is 0. The average molecular weight is 885 g/mol. The number of thiophene rings is 1. The van der Waals surface area contributed by atoms with Crippen molar-refractivity contribution < 1.29 is 0 Å². The Hall–Kier alpha value is -8.77. The van der Waals surface area contributed by atoms with E-state index in [4.69, 9.17) is 15.0 Å². The monoisotopic (exact) mass is 884 g/mol. The van der Waals surface area contributed by atoms with Crippen molar-refractivity contribution in [2.45, 2.75) is 0 Å². The summed E-state index contributed by atoms with van der Waals surface area (Å²) in [4.78, 5) is 15.3. The number of aromatic nitrogens is 4. The second-order valence-electron chi connectivity index (χ2n) is 17.2. The third-order valence-electron chi connectivity index (χ3n) is 13.0. The van der Waals surface area contributed by atoms with Crippen LogP contribution in [0.4, 0.5) is 0 Å². The van der Waals surface area contributed by atoms with Gasteiger partial charge in [-0.25, -0.2) is 15.0 Å². The maximum absolute atomic E-state index is 5.16. The van der Waals surface area contributed by atoms with Gasteiger partial charge in [0.05, 0.1) is 11.0 Å². The molecule has 0 aliphatic rings. The summed E-state index contributed by atoms with van der Waals surface area (Å²) in [7, 11) is 0. The van der Waals surface area contributed by atoms with E-state index >= 15 is 0 Å². The summed E-state index contributed by atoms with van der Waals surface area (Å²) in [5, 5.41) is 4.74. The molecule has 0 radical (unpaired) electrons. The predicted molar refractivity (Wildman–Crippen MR) is 285 cm³/mol. The van der Waals surface area contributed by atoms with E-state index in [0.29, 0.717) is 17.5 Å². The lowest BCUT2D eigenvalue weighted by atomic mass is 9.92. The standard InChI is InChI=1S/C63H40N4S/c1-6-17-41(18-7-1)48-35-49(42-19-8-2-9-20-42)37-50(36-48)47-30-33-57-54(39-47)53-38-45(29-32-56(53)67(57)51-25-14-5-15-26-51)46-31-34-58-55(40-46)60-52(27-16-28-59(60)68-58)63-65-61(43-21-10-3-11-22-43)64-62(66-63)44-23-12-4-13-24-44/h1-40H. The lowest BCUT2D eigenvalue weighted by Crippen LogP contribution is -2.00. The molecule has 0 fully saturated rings. The number of hydrogen-bond acceptors (Lipinski definition) is 4. The normalized spacial score (nSPS) is 11.5. The topological polar surface area (TPSA) is 43.6 Å². The third-order valence-corrected chi connectivity index (χ3v) is 14.2. The molecule has 0 aliphatic carbocycles. The Morgan fingerprint density at radius 2 is 0.706 bits per heavy atom. The number of benzene rings is 10. The third kappa shape index (κ3) is 7.05. The molecule has 0 unspecified atom stereocenters. The highest BCUT2D eigenvalue weighted by Gasteiger charge is 2.19. The highest BCUT2D eigenvalue weighted by molar-refractivity contribution is 7.26. The maximum atomic E-state index is 5.16. The van der Waals surface area contributed by atoms with Crippen molar-refractivity contribution in [2.24, 2.45) is 0 Å². The van der Waals surface area contributed by atoms with Gasteiger partial charge in [0, 0.05) is 53.3 Å². The molecule has 0 aliphatic heterocycles. The molecule has 0 atom stereocenters. The van der Waals surface area contributed by atoms with Crippen molar-refractivity contribution in [1.29, 1.82) is 0 Å². The lowest BCUT2D eigenvalue weighted by molar-refractivity contribution is 1.08. The van der Waals surface area contributed by atoms with Gasteiger partial charge in [0.15, 0.2) is 17.5 Å².